The molecule has 0 aliphatic carbocycles. The number of rotatable bonds is 2. The second kappa shape index (κ2) is 3.34. The van der Waals surface area contributed by atoms with E-state index in [4.69, 9.17) is 0 Å². The quantitative estimate of drug-likeness (QED) is 0.693. The normalized spacial score (nSPS) is 34.3. The van der Waals surface area contributed by atoms with Crippen LogP contribution in [0.1, 0.15) is 27.2 Å². The van der Waals surface area contributed by atoms with E-state index < -0.39 is 9.84 Å². The van der Waals surface area contributed by atoms with E-state index >= 15 is 0 Å². The van der Waals surface area contributed by atoms with E-state index in [1.54, 1.807) is 6.92 Å². The first-order chi connectivity index (χ1) is 5.43. The highest BCUT2D eigenvalue weighted by molar-refractivity contribution is 7.92. The minimum atomic E-state index is -2.78. The topological polar surface area (TPSA) is 46.2 Å². The molecule has 1 aliphatic heterocycles. The van der Waals surface area contributed by atoms with Gasteiger partial charge in [0, 0.05) is 12.1 Å². The third-order valence-corrected chi connectivity index (χ3v) is 4.66. The molecular weight excluding hydrogens is 174 g/mol. The third-order valence-electron chi connectivity index (χ3n) is 2.39. The zero-order valence-electron chi connectivity index (χ0n) is 7.87. The largest absolute Gasteiger partial charge is 0.310 e. The predicted molar refractivity (Wildman–Crippen MR) is 49.9 cm³/mol. The first-order valence-electron chi connectivity index (χ1n) is 4.41. The summed E-state index contributed by atoms with van der Waals surface area (Å²) in [6.07, 6.45) is 0.766. The summed E-state index contributed by atoms with van der Waals surface area (Å²) in [7, 11) is -2.78. The molecule has 1 N–H and O–H groups in total. The standard InChI is InChI=1S/C8H17NO2S/c1-6(2)9-8-4-5-12(10,11)7(8)3/h6-9H,4-5H2,1-3H3/t7-,8-/m1/s1. The summed E-state index contributed by atoms with van der Waals surface area (Å²) >= 11 is 0. The Balaban J connectivity index is 2.62. The molecule has 2 atom stereocenters. The zero-order valence-corrected chi connectivity index (χ0v) is 8.69. The minimum absolute atomic E-state index is 0.162. The van der Waals surface area contributed by atoms with Crippen LogP contribution in [0.5, 0.6) is 0 Å². The van der Waals surface area contributed by atoms with E-state index in [2.05, 4.69) is 5.32 Å². The molecule has 4 heteroatoms. The molecule has 72 valence electrons. The van der Waals surface area contributed by atoms with Gasteiger partial charge in [-0.25, -0.2) is 8.42 Å². The van der Waals surface area contributed by atoms with Gasteiger partial charge in [0.05, 0.1) is 11.0 Å². The Kier molecular flexibility index (Phi) is 2.78. The van der Waals surface area contributed by atoms with Crippen LogP contribution in [0, 0.1) is 0 Å². The van der Waals surface area contributed by atoms with Crippen molar-refractivity contribution in [1.29, 1.82) is 0 Å². The molecule has 0 aromatic heterocycles. The van der Waals surface area contributed by atoms with Crippen molar-refractivity contribution in [3.05, 3.63) is 0 Å². The van der Waals surface area contributed by atoms with Gasteiger partial charge in [-0.2, -0.15) is 0 Å². The number of hydrogen-bond acceptors (Lipinski definition) is 3. The predicted octanol–water partition coefficient (Wildman–Crippen LogP) is 0.560. The number of hydrogen-bond donors (Lipinski definition) is 1. The van der Waals surface area contributed by atoms with Gasteiger partial charge < -0.3 is 5.32 Å². The van der Waals surface area contributed by atoms with Crippen LogP contribution in [-0.2, 0) is 9.84 Å². The van der Waals surface area contributed by atoms with E-state index in [1.807, 2.05) is 13.8 Å². The maximum Gasteiger partial charge on any atom is 0.154 e. The lowest BCUT2D eigenvalue weighted by atomic mass is 10.1. The van der Waals surface area contributed by atoms with E-state index in [0.717, 1.165) is 6.42 Å². The lowest BCUT2D eigenvalue weighted by Crippen LogP contribution is -2.40. The molecule has 1 fully saturated rings. The van der Waals surface area contributed by atoms with Gasteiger partial charge in [-0.1, -0.05) is 13.8 Å². The van der Waals surface area contributed by atoms with Crippen molar-refractivity contribution in [2.45, 2.75) is 44.5 Å². The first kappa shape index (κ1) is 9.99. The van der Waals surface area contributed by atoms with Crippen LogP contribution in [0.15, 0.2) is 0 Å². The highest BCUT2D eigenvalue weighted by Crippen LogP contribution is 2.20. The maximum atomic E-state index is 11.3. The van der Waals surface area contributed by atoms with Gasteiger partial charge in [-0.15, -0.1) is 0 Å². The Bertz CT molecular complexity index is 246. The van der Waals surface area contributed by atoms with Crippen LogP contribution in [0.3, 0.4) is 0 Å². The molecule has 0 unspecified atom stereocenters. The van der Waals surface area contributed by atoms with E-state index in [1.165, 1.54) is 0 Å². The Morgan fingerprint density at radius 1 is 1.42 bits per heavy atom. The zero-order chi connectivity index (χ0) is 9.35. The molecule has 1 rings (SSSR count). The summed E-state index contributed by atoms with van der Waals surface area (Å²) in [4.78, 5) is 0. The number of sulfone groups is 1. The summed E-state index contributed by atoms with van der Waals surface area (Å²) in [6.45, 7) is 5.87. The summed E-state index contributed by atoms with van der Waals surface area (Å²) in [5.41, 5.74) is 0. The Labute approximate surface area is 74.5 Å². The molecule has 1 saturated heterocycles. The van der Waals surface area contributed by atoms with Gasteiger partial charge in [0.1, 0.15) is 0 Å². The molecule has 0 saturated carbocycles. The third kappa shape index (κ3) is 1.98. The van der Waals surface area contributed by atoms with Crippen LogP contribution >= 0.6 is 0 Å². The molecule has 0 bridgehead atoms. The Hall–Kier alpha value is -0.0900. The highest BCUT2D eigenvalue weighted by Gasteiger charge is 2.36. The molecule has 0 amide bonds. The van der Waals surface area contributed by atoms with E-state index in [0.29, 0.717) is 11.8 Å². The highest BCUT2D eigenvalue weighted by atomic mass is 32.2. The number of nitrogens with one attached hydrogen (secondary N) is 1. The van der Waals surface area contributed by atoms with Gasteiger partial charge >= 0.3 is 0 Å². The molecule has 0 aromatic carbocycles. The average molecular weight is 191 g/mol. The second-order valence-corrected chi connectivity index (χ2v) is 6.27. The van der Waals surface area contributed by atoms with Gasteiger partial charge in [-0.05, 0) is 13.3 Å². The fourth-order valence-electron chi connectivity index (χ4n) is 1.61. The van der Waals surface area contributed by atoms with Gasteiger partial charge in [0.25, 0.3) is 0 Å². The monoisotopic (exact) mass is 191 g/mol. The van der Waals surface area contributed by atoms with Gasteiger partial charge in [0.15, 0.2) is 9.84 Å². The molecule has 12 heavy (non-hydrogen) atoms. The minimum Gasteiger partial charge on any atom is -0.310 e. The van der Waals surface area contributed by atoms with Crippen molar-refractivity contribution in [2.75, 3.05) is 5.75 Å². The van der Waals surface area contributed by atoms with Crippen LogP contribution in [-0.4, -0.2) is 31.5 Å². The summed E-state index contributed by atoms with van der Waals surface area (Å²) in [6, 6.07) is 0.528. The van der Waals surface area contributed by atoms with Crippen LogP contribution < -0.4 is 5.32 Å². The summed E-state index contributed by atoms with van der Waals surface area (Å²) < 4.78 is 22.6. The van der Waals surface area contributed by atoms with Gasteiger partial charge in [-0.3, -0.25) is 0 Å². The summed E-state index contributed by atoms with van der Waals surface area (Å²) in [5, 5.41) is 3.06. The molecule has 0 spiro atoms. The maximum absolute atomic E-state index is 11.3. The molecule has 0 radical (unpaired) electrons. The van der Waals surface area contributed by atoms with Crippen molar-refractivity contribution in [3.8, 4) is 0 Å². The van der Waals surface area contributed by atoms with E-state index in [-0.39, 0.29) is 11.3 Å². The fourth-order valence-corrected chi connectivity index (χ4v) is 3.28. The van der Waals surface area contributed by atoms with Crippen molar-refractivity contribution in [1.82, 2.24) is 5.32 Å². The van der Waals surface area contributed by atoms with Gasteiger partial charge in [0.2, 0.25) is 0 Å². The smallest absolute Gasteiger partial charge is 0.154 e. The second-order valence-electron chi connectivity index (χ2n) is 3.79. The van der Waals surface area contributed by atoms with E-state index in [9.17, 15) is 8.42 Å². The van der Waals surface area contributed by atoms with Crippen molar-refractivity contribution in [3.63, 3.8) is 0 Å². The molecule has 0 aromatic rings. The SMILES string of the molecule is CC(C)N[C@@H]1CCS(=O)(=O)[C@@H]1C. The lowest BCUT2D eigenvalue weighted by molar-refractivity contribution is 0.459. The average Bonchev–Trinajstić information content (AvgIpc) is 2.15. The molecule has 1 heterocycles. The molecule has 1 aliphatic rings. The van der Waals surface area contributed by atoms with Crippen LogP contribution in [0.4, 0.5) is 0 Å². The summed E-state index contributed by atoms with van der Waals surface area (Å²) in [5.74, 6) is 0.346. The van der Waals surface area contributed by atoms with Crippen molar-refractivity contribution < 1.29 is 8.42 Å². The Morgan fingerprint density at radius 2 is 2.00 bits per heavy atom. The molecular formula is C8H17NO2S. The van der Waals surface area contributed by atoms with Crippen molar-refractivity contribution in [2.24, 2.45) is 0 Å². The van der Waals surface area contributed by atoms with Crippen LogP contribution in [0.2, 0.25) is 0 Å². The fraction of sp³-hybridized carbons (Fsp3) is 1.00. The van der Waals surface area contributed by atoms with Crippen LogP contribution in [0.25, 0.3) is 0 Å². The van der Waals surface area contributed by atoms with Crippen molar-refractivity contribution >= 4 is 9.84 Å². The Morgan fingerprint density at radius 3 is 2.33 bits per heavy atom. The first-order valence-corrected chi connectivity index (χ1v) is 6.12. The molecule has 3 nitrogen and oxygen atoms in total. The lowest BCUT2D eigenvalue weighted by Gasteiger charge is -2.18.